The van der Waals surface area contributed by atoms with Gasteiger partial charge in [0.15, 0.2) is 14.6 Å². The second-order valence-electron chi connectivity index (χ2n) is 5.50. The SMILES string of the molecule is C#CCn1c(=NC(=O)c2ccc(Br)cc2)sc2cc(S(C)(=O)=O)ccc21. The Morgan fingerprint density at radius 2 is 1.96 bits per heavy atom. The zero-order valence-corrected chi connectivity index (χ0v) is 16.9. The average molecular weight is 449 g/mol. The van der Waals surface area contributed by atoms with Crippen molar-refractivity contribution in [3.8, 4) is 12.3 Å². The molecule has 8 heteroatoms. The maximum Gasteiger partial charge on any atom is 0.279 e. The molecule has 0 unspecified atom stereocenters. The Hall–Kier alpha value is -2.21. The molecule has 0 aliphatic rings. The number of fused-ring (bicyclic) bond motifs is 1. The van der Waals surface area contributed by atoms with Crippen LogP contribution in [0.2, 0.25) is 0 Å². The highest BCUT2D eigenvalue weighted by atomic mass is 79.9. The number of halogens is 1. The van der Waals surface area contributed by atoms with E-state index >= 15 is 0 Å². The molecule has 0 spiro atoms. The molecule has 1 aromatic heterocycles. The van der Waals surface area contributed by atoms with Gasteiger partial charge < -0.3 is 4.57 Å². The predicted octanol–water partition coefficient (Wildman–Crippen LogP) is 3.24. The molecule has 132 valence electrons. The fourth-order valence-corrected chi connectivity index (χ4v) is 4.41. The van der Waals surface area contributed by atoms with Crippen LogP contribution in [0.15, 0.2) is 56.8 Å². The first-order valence-corrected chi connectivity index (χ1v) is 10.9. The smallest absolute Gasteiger partial charge is 0.279 e. The van der Waals surface area contributed by atoms with Gasteiger partial charge in [-0.05, 0) is 42.5 Å². The second-order valence-corrected chi connectivity index (χ2v) is 9.44. The summed E-state index contributed by atoms with van der Waals surface area (Å²) in [5, 5.41) is 0. The molecule has 0 radical (unpaired) electrons. The minimum absolute atomic E-state index is 0.213. The van der Waals surface area contributed by atoms with Crippen molar-refractivity contribution in [1.82, 2.24) is 4.57 Å². The summed E-state index contributed by atoms with van der Waals surface area (Å²) in [4.78, 5) is 17.3. The Labute approximate surface area is 163 Å². The molecule has 0 bridgehead atoms. The number of carbonyl (C=O) groups excluding carboxylic acids is 1. The lowest BCUT2D eigenvalue weighted by Crippen LogP contribution is -2.16. The van der Waals surface area contributed by atoms with Crippen molar-refractivity contribution >= 4 is 53.2 Å². The quantitative estimate of drug-likeness (QED) is 0.577. The maximum absolute atomic E-state index is 12.4. The molecule has 0 atom stereocenters. The summed E-state index contributed by atoms with van der Waals surface area (Å²) in [5.41, 5.74) is 1.19. The molecular weight excluding hydrogens is 436 g/mol. The van der Waals surface area contributed by atoms with E-state index in [-0.39, 0.29) is 11.4 Å². The van der Waals surface area contributed by atoms with Crippen LogP contribution < -0.4 is 4.80 Å². The van der Waals surface area contributed by atoms with Crippen molar-refractivity contribution in [2.75, 3.05) is 6.26 Å². The van der Waals surface area contributed by atoms with Crippen molar-refractivity contribution in [1.29, 1.82) is 0 Å². The molecule has 0 fully saturated rings. The Morgan fingerprint density at radius 1 is 1.27 bits per heavy atom. The first-order valence-electron chi connectivity index (χ1n) is 7.41. The number of terminal acetylenes is 1. The molecule has 3 aromatic rings. The number of carbonyl (C=O) groups is 1. The van der Waals surface area contributed by atoms with Gasteiger partial charge in [0.25, 0.3) is 5.91 Å². The van der Waals surface area contributed by atoms with Crippen molar-refractivity contribution in [3.63, 3.8) is 0 Å². The number of nitrogens with zero attached hydrogens (tertiary/aromatic N) is 2. The molecule has 0 aliphatic heterocycles. The minimum atomic E-state index is -3.33. The summed E-state index contributed by atoms with van der Waals surface area (Å²) in [7, 11) is -3.33. The topological polar surface area (TPSA) is 68.5 Å². The van der Waals surface area contributed by atoms with Gasteiger partial charge in [-0.15, -0.1) is 6.42 Å². The van der Waals surface area contributed by atoms with Crippen LogP contribution in [0.1, 0.15) is 10.4 Å². The van der Waals surface area contributed by atoms with Crippen molar-refractivity contribution < 1.29 is 13.2 Å². The van der Waals surface area contributed by atoms with Gasteiger partial charge in [-0.25, -0.2) is 8.42 Å². The van der Waals surface area contributed by atoms with Crippen molar-refractivity contribution in [2.45, 2.75) is 11.4 Å². The highest BCUT2D eigenvalue weighted by molar-refractivity contribution is 9.10. The zero-order valence-electron chi connectivity index (χ0n) is 13.6. The molecule has 0 saturated heterocycles. The monoisotopic (exact) mass is 448 g/mol. The second kappa shape index (κ2) is 7.19. The summed E-state index contributed by atoms with van der Waals surface area (Å²) in [6.45, 7) is 0.227. The van der Waals surface area contributed by atoms with Crippen LogP contribution in [0.25, 0.3) is 10.2 Å². The van der Waals surface area contributed by atoms with E-state index in [1.54, 1.807) is 41.0 Å². The molecule has 2 aromatic carbocycles. The van der Waals surface area contributed by atoms with Crippen LogP contribution in [-0.4, -0.2) is 25.1 Å². The standard InChI is InChI=1S/C18H13BrN2O3S2/c1-3-10-21-15-9-8-14(26(2,23)24)11-16(15)25-18(21)20-17(22)12-4-6-13(19)7-5-12/h1,4-9,11H,10H2,2H3. The van der Waals surface area contributed by atoms with E-state index in [9.17, 15) is 13.2 Å². The molecular formula is C18H13BrN2O3S2. The predicted molar refractivity (Wildman–Crippen MR) is 106 cm³/mol. The van der Waals surface area contributed by atoms with E-state index in [1.165, 1.54) is 17.4 Å². The van der Waals surface area contributed by atoms with Crippen molar-refractivity contribution in [2.24, 2.45) is 4.99 Å². The summed E-state index contributed by atoms with van der Waals surface area (Å²) < 4.78 is 26.8. The van der Waals surface area contributed by atoms with Gasteiger partial charge in [0.1, 0.15) is 0 Å². The van der Waals surface area contributed by atoms with Gasteiger partial charge in [-0.2, -0.15) is 4.99 Å². The first kappa shape index (κ1) is 18.6. The Balaban J connectivity index is 2.18. The number of benzene rings is 2. The molecule has 0 aliphatic carbocycles. The normalized spacial score (nSPS) is 12.3. The van der Waals surface area contributed by atoms with Crippen LogP contribution in [0.3, 0.4) is 0 Å². The van der Waals surface area contributed by atoms with Crippen LogP contribution >= 0.6 is 27.3 Å². The van der Waals surface area contributed by atoms with Crippen LogP contribution in [0.5, 0.6) is 0 Å². The number of rotatable bonds is 3. The highest BCUT2D eigenvalue weighted by Crippen LogP contribution is 2.22. The third-order valence-corrected chi connectivity index (χ3v) is 6.30. The third kappa shape index (κ3) is 3.80. The van der Waals surface area contributed by atoms with E-state index in [2.05, 4.69) is 26.8 Å². The van der Waals surface area contributed by atoms with Gasteiger partial charge in [-0.1, -0.05) is 33.2 Å². The summed E-state index contributed by atoms with van der Waals surface area (Å²) in [5.74, 6) is 2.15. The fraction of sp³-hybridized carbons (Fsp3) is 0.111. The van der Waals surface area contributed by atoms with E-state index in [0.29, 0.717) is 15.1 Å². The lowest BCUT2D eigenvalue weighted by Gasteiger charge is -2.01. The van der Waals surface area contributed by atoms with Gasteiger partial charge in [0.2, 0.25) is 0 Å². The summed E-state index contributed by atoms with van der Waals surface area (Å²) in [6, 6.07) is 11.7. The minimum Gasteiger partial charge on any atom is -0.305 e. The molecule has 1 heterocycles. The Morgan fingerprint density at radius 3 is 2.58 bits per heavy atom. The van der Waals surface area contributed by atoms with E-state index < -0.39 is 15.7 Å². The largest absolute Gasteiger partial charge is 0.305 e. The Kier molecular flexibility index (Phi) is 5.14. The van der Waals surface area contributed by atoms with Crippen LogP contribution in [-0.2, 0) is 16.4 Å². The van der Waals surface area contributed by atoms with Crippen LogP contribution in [0.4, 0.5) is 0 Å². The van der Waals surface area contributed by atoms with Gasteiger partial charge in [0.05, 0.1) is 21.7 Å². The van der Waals surface area contributed by atoms with Gasteiger partial charge >= 0.3 is 0 Å². The van der Waals surface area contributed by atoms with Crippen LogP contribution in [0, 0.1) is 12.3 Å². The van der Waals surface area contributed by atoms with E-state index in [4.69, 9.17) is 6.42 Å². The van der Waals surface area contributed by atoms with Crippen molar-refractivity contribution in [3.05, 3.63) is 57.3 Å². The number of aromatic nitrogens is 1. The number of sulfone groups is 1. The maximum atomic E-state index is 12.4. The molecule has 26 heavy (non-hydrogen) atoms. The first-order chi connectivity index (χ1) is 12.3. The summed E-state index contributed by atoms with van der Waals surface area (Å²) in [6.07, 6.45) is 6.60. The number of hydrogen-bond acceptors (Lipinski definition) is 4. The van der Waals surface area contributed by atoms with E-state index in [0.717, 1.165) is 16.2 Å². The number of thiazole rings is 1. The third-order valence-electron chi connectivity index (χ3n) is 3.62. The van der Waals surface area contributed by atoms with Gasteiger partial charge in [-0.3, -0.25) is 4.79 Å². The molecule has 3 rings (SSSR count). The lowest BCUT2D eigenvalue weighted by molar-refractivity contribution is 0.0998. The zero-order chi connectivity index (χ0) is 18.9. The molecule has 5 nitrogen and oxygen atoms in total. The average Bonchev–Trinajstić information content (AvgIpc) is 2.92. The number of hydrogen-bond donors (Lipinski definition) is 0. The van der Waals surface area contributed by atoms with E-state index in [1.807, 2.05) is 0 Å². The molecule has 0 N–H and O–H groups in total. The number of amides is 1. The highest BCUT2D eigenvalue weighted by Gasteiger charge is 2.13. The fourth-order valence-electron chi connectivity index (χ4n) is 2.36. The summed E-state index contributed by atoms with van der Waals surface area (Å²) >= 11 is 4.55. The lowest BCUT2D eigenvalue weighted by atomic mass is 10.2. The molecule has 0 saturated carbocycles. The van der Waals surface area contributed by atoms with Gasteiger partial charge in [0, 0.05) is 16.3 Å². The Bertz CT molecular complexity index is 1210. The molecule has 1 amide bonds.